The molecule has 4 aromatic carbocycles. The Hall–Kier alpha value is -3.97. The van der Waals surface area contributed by atoms with Crippen LogP contribution in [0.4, 0.5) is 0 Å². The monoisotopic (exact) mass is 405 g/mol. The Kier molecular flexibility index (Phi) is 2.94. The van der Waals surface area contributed by atoms with Gasteiger partial charge in [0.05, 0.1) is 5.41 Å². The Labute approximate surface area is 187 Å². The van der Waals surface area contributed by atoms with Gasteiger partial charge in [-0.05, 0) is 79.8 Å². The molecule has 0 aliphatic heterocycles. The van der Waals surface area contributed by atoms with E-state index >= 15 is 0 Å². The molecule has 1 heterocycles. The molecule has 1 aromatic heterocycles. The highest BCUT2D eigenvalue weighted by molar-refractivity contribution is 5.97. The first-order chi connectivity index (χ1) is 15.9. The van der Waals surface area contributed by atoms with Crippen LogP contribution in [0.3, 0.4) is 0 Å². The molecule has 8 rings (SSSR count). The van der Waals surface area contributed by atoms with Gasteiger partial charge >= 0.3 is 0 Å². The summed E-state index contributed by atoms with van der Waals surface area (Å²) in [4.78, 5) is 4.42. The summed E-state index contributed by atoms with van der Waals surface area (Å²) in [5.41, 5.74) is 16.3. The summed E-state index contributed by atoms with van der Waals surface area (Å²) in [6.45, 7) is 0. The Morgan fingerprint density at radius 2 is 1.09 bits per heavy atom. The van der Waals surface area contributed by atoms with Crippen LogP contribution in [0.25, 0.3) is 33.4 Å². The van der Waals surface area contributed by atoms with Gasteiger partial charge in [-0.2, -0.15) is 0 Å². The van der Waals surface area contributed by atoms with E-state index in [9.17, 15) is 0 Å². The largest absolute Gasteiger partial charge is 0.264 e. The van der Waals surface area contributed by atoms with Gasteiger partial charge < -0.3 is 0 Å². The molecule has 32 heavy (non-hydrogen) atoms. The van der Waals surface area contributed by atoms with Crippen molar-refractivity contribution in [2.24, 2.45) is 0 Å². The lowest BCUT2D eigenvalue weighted by Crippen LogP contribution is -2.25. The first kappa shape index (κ1) is 16.7. The fraction of sp³-hybridized carbons (Fsp3) is 0.0645. The van der Waals surface area contributed by atoms with E-state index in [1.807, 2.05) is 12.4 Å². The van der Waals surface area contributed by atoms with Crippen molar-refractivity contribution >= 4 is 0 Å². The van der Waals surface area contributed by atoms with Gasteiger partial charge in [-0.15, -0.1) is 0 Å². The Bertz CT molecular complexity index is 1560. The zero-order valence-electron chi connectivity index (χ0n) is 17.5. The van der Waals surface area contributed by atoms with Crippen LogP contribution in [-0.2, 0) is 11.8 Å². The van der Waals surface area contributed by atoms with Crippen LogP contribution in [0.15, 0.2) is 103 Å². The standard InChI is InChI=1S/C31H19N/c1-4-10-27-21(7-1)22-8-2-5-11-28(22)31(27)29-12-6-3-9-23(29)25-17-24-20(16-30(25)31)15-19-13-14-32-18-26(19)24/h1-14,16-18H,15H2. The van der Waals surface area contributed by atoms with Crippen molar-refractivity contribution < 1.29 is 0 Å². The second-order valence-corrected chi connectivity index (χ2v) is 9.15. The summed E-state index contributed by atoms with van der Waals surface area (Å²) < 4.78 is 0. The van der Waals surface area contributed by atoms with E-state index in [0.717, 1.165) is 6.42 Å². The lowest BCUT2D eigenvalue weighted by atomic mass is 9.70. The van der Waals surface area contributed by atoms with E-state index in [2.05, 4.69) is 96.0 Å². The second kappa shape index (κ2) is 5.63. The van der Waals surface area contributed by atoms with Crippen molar-refractivity contribution in [2.45, 2.75) is 11.8 Å². The summed E-state index contributed by atoms with van der Waals surface area (Å²) in [6.07, 6.45) is 4.93. The van der Waals surface area contributed by atoms with Crippen LogP contribution in [0.5, 0.6) is 0 Å². The number of aromatic nitrogens is 1. The number of fused-ring (bicyclic) bond motifs is 13. The molecule has 0 radical (unpaired) electrons. The zero-order chi connectivity index (χ0) is 20.9. The Morgan fingerprint density at radius 1 is 0.500 bits per heavy atom. The van der Waals surface area contributed by atoms with Gasteiger partial charge in [0, 0.05) is 18.0 Å². The summed E-state index contributed by atoms with van der Waals surface area (Å²) >= 11 is 0. The minimum absolute atomic E-state index is 0.249. The van der Waals surface area contributed by atoms with Crippen LogP contribution >= 0.6 is 0 Å². The third-order valence-corrected chi connectivity index (χ3v) is 7.80. The minimum atomic E-state index is -0.249. The van der Waals surface area contributed by atoms with E-state index in [0.29, 0.717) is 0 Å². The van der Waals surface area contributed by atoms with Crippen LogP contribution in [0.2, 0.25) is 0 Å². The third-order valence-electron chi connectivity index (χ3n) is 7.80. The summed E-state index contributed by atoms with van der Waals surface area (Å²) in [5, 5.41) is 0. The van der Waals surface area contributed by atoms with Crippen molar-refractivity contribution in [2.75, 3.05) is 0 Å². The molecule has 1 heteroatoms. The van der Waals surface area contributed by atoms with Gasteiger partial charge in [-0.3, -0.25) is 4.98 Å². The number of rotatable bonds is 0. The summed E-state index contributed by atoms with van der Waals surface area (Å²) in [5.74, 6) is 0. The molecule has 0 N–H and O–H groups in total. The van der Waals surface area contributed by atoms with Gasteiger partial charge in [0.15, 0.2) is 0 Å². The maximum Gasteiger partial charge on any atom is 0.0725 e. The predicted molar refractivity (Wildman–Crippen MR) is 129 cm³/mol. The zero-order valence-corrected chi connectivity index (χ0v) is 17.5. The Morgan fingerprint density at radius 3 is 1.75 bits per heavy atom. The van der Waals surface area contributed by atoms with Crippen molar-refractivity contribution in [3.63, 3.8) is 0 Å². The van der Waals surface area contributed by atoms with Crippen LogP contribution in [-0.4, -0.2) is 4.98 Å². The maximum absolute atomic E-state index is 4.42. The maximum atomic E-state index is 4.42. The van der Waals surface area contributed by atoms with Crippen molar-refractivity contribution in [3.05, 3.63) is 137 Å². The number of nitrogens with zero attached hydrogens (tertiary/aromatic N) is 1. The van der Waals surface area contributed by atoms with E-state index in [1.165, 1.54) is 66.8 Å². The highest BCUT2D eigenvalue weighted by atomic mass is 14.6. The number of hydrogen-bond acceptors (Lipinski definition) is 1. The minimum Gasteiger partial charge on any atom is -0.264 e. The molecule has 148 valence electrons. The van der Waals surface area contributed by atoms with Gasteiger partial charge in [0.1, 0.15) is 0 Å². The molecular weight excluding hydrogens is 386 g/mol. The quantitative estimate of drug-likeness (QED) is 0.265. The fourth-order valence-electron chi connectivity index (χ4n) is 6.61. The molecule has 1 spiro atoms. The fourth-order valence-corrected chi connectivity index (χ4v) is 6.61. The molecule has 5 aromatic rings. The van der Waals surface area contributed by atoms with Crippen molar-refractivity contribution in [1.29, 1.82) is 0 Å². The SMILES string of the molecule is c1ccc2c(c1)-c1ccccc1C21c2ccccc2-c2cc3c(cc21)Cc1ccncc1-3. The van der Waals surface area contributed by atoms with E-state index < -0.39 is 0 Å². The highest BCUT2D eigenvalue weighted by Crippen LogP contribution is 2.63. The molecule has 0 atom stereocenters. The molecule has 1 nitrogen and oxygen atoms in total. The topological polar surface area (TPSA) is 12.9 Å². The van der Waals surface area contributed by atoms with E-state index in [4.69, 9.17) is 0 Å². The summed E-state index contributed by atoms with van der Waals surface area (Å²) in [7, 11) is 0. The van der Waals surface area contributed by atoms with Crippen molar-refractivity contribution in [3.8, 4) is 33.4 Å². The second-order valence-electron chi connectivity index (χ2n) is 9.15. The molecular formula is C31H19N. The molecule has 0 bridgehead atoms. The highest BCUT2D eigenvalue weighted by Gasteiger charge is 2.51. The average Bonchev–Trinajstić information content (AvgIpc) is 3.46. The number of pyridine rings is 1. The first-order valence-electron chi connectivity index (χ1n) is 11.3. The van der Waals surface area contributed by atoms with Gasteiger partial charge in [0.2, 0.25) is 0 Å². The van der Waals surface area contributed by atoms with Gasteiger partial charge in [-0.1, -0.05) is 78.9 Å². The lowest BCUT2D eigenvalue weighted by Gasteiger charge is -2.30. The number of benzene rings is 4. The van der Waals surface area contributed by atoms with Crippen LogP contribution in [0.1, 0.15) is 33.4 Å². The predicted octanol–water partition coefficient (Wildman–Crippen LogP) is 7.00. The van der Waals surface area contributed by atoms with Crippen molar-refractivity contribution in [1.82, 2.24) is 4.98 Å². The van der Waals surface area contributed by atoms with Crippen LogP contribution in [0, 0.1) is 0 Å². The van der Waals surface area contributed by atoms with Crippen LogP contribution < -0.4 is 0 Å². The molecule has 3 aliphatic rings. The van der Waals surface area contributed by atoms with Gasteiger partial charge in [0.25, 0.3) is 0 Å². The molecule has 0 saturated carbocycles. The third kappa shape index (κ3) is 1.77. The summed E-state index contributed by atoms with van der Waals surface area (Å²) in [6, 6.07) is 34.1. The first-order valence-corrected chi connectivity index (χ1v) is 11.3. The lowest BCUT2D eigenvalue weighted by molar-refractivity contribution is 0.792. The molecule has 0 unspecified atom stereocenters. The van der Waals surface area contributed by atoms with E-state index in [-0.39, 0.29) is 5.41 Å². The Balaban J connectivity index is 1.54. The average molecular weight is 406 g/mol. The molecule has 0 saturated heterocycles. The normalized spacial score (nSPS) is 15.0. The molecule has 0 fully saturated rings. The molecule has 0 amide bonds. The van der Waals surface area contributed by atoms with E-state index in [1.54, 1.807) is 0 Å². The smallest absolute Gasteiger partial charge is 0.0725 e. The van der Waals surface area contributed by atoms with Gasteiger partial charge in [-0.25, -0.2) is 0 Å². The number of hydrogen-bond donors (Lipinski definition) is 0. The molecule has 3 aliphatic carbocycles.